The molecule has 0 saturated carbocycles. The van der Waals surface area contributed by atoms with Crippen LogP contribution in [-0.2, 0) is 14.3 Å². The summed E-state index contributed by atoms with van der Waals surface area (Å²) in [6, 6.07) is 14.2. The van der Waals surface area contributed by atoms with Gasteiger partial charge in [-0.2, -0.15) is 0 Å². The third-order valence-corrected chi connectivity index (χ3v) is 3.38. The van der Waals surface area contributed by atoms with Crippen molar-refractivity contribution in [3.63, 3.8) is 0 Å². The molecule has 130 valence electrons. The molecule has 0 aromatic heterocycles. The van der Waals surface area contributed by atoms with Crippen molar-refractivity contribution in [3.05, 3.63) is 60.2 Å². The van der Waals surface area contributed by atoms with Gasteiger partial charge in [0.2, 0.25) is 5.91 Å². The van der Waals surface area contributed by atoms with Crippen LogP contribution in [-0.4, -0.2) is 36.0 Å². The highest BCUT2D eigenvalue weighted by molar-refractivity contribution is 5.97. The lowest BCUT2D eigenvalue weighted by Gasteiger charge is -2.22. The lowest BCUT2D eigenvalue weighted by molar-refractivity contribution is -0.121. The van der Waals surface area contributed by atoms with Gasteiger partial charge >= 0.3 is 5.97 Å². The van der Waals surface area contributed by atoms with E-state index in [1.165, 1.54) is 29.2 Å². The summed E-state index contributed by atoms with van der Waals surface area (Å²) in [4.78, 5) is 36.7. The summed E-state index contributed by atoms with van der Waals surface area (Å²) >= 11 is 0. The second-order valence-electron chi connectivity index (χ2n) is 5.22. The van der Waals surface area contributed by atoms with Gasteiger partial charge in [-0.05, 0) is 36.4 Å². The number of para-hydroxylation sites is 1. The van der Waals surface area contributed by atoms with Crippen molar-refractivity contribution in [2.24, 2.45) is 5.73 Å². The standard InChI is InChI=1S/C18H18N2O5/c19-16(22)10-11-20(14-4-2-1-3-5-14)17(23)12-25-18(24)13-6-8-15(21)9-7-13/h1-9,21H,10-12H2,(H2,19,22). The Labute approximate surface area is 144 Å². The number of anilines is 1. The molecule has 0 aliphatic carbocycles. The van der Waals surface area contributed by atoms with Crippen molar-refractivity contribution in [2.75, 3.05) is 18.1 Å². The van der Waals surface area contributed by atoms with Crippen molar-refractivity contribution in [1.29, 1.82) is 0 Å². The van der Waals surface area contributed by atoms with Crippen molar-refractivity contribution >= 4 is 23.5 Å². The molecule has 7 heteroatoms. The number of rotatable bonds is 7. The first-order valence-electron chi connectivity index (χ1n) is 7.57. The number of hydrogen-bond donors (Lipinski definition) is 2. The lowest BCUT2D eigenvalue weighted by atomic mass is 10.2. The monoisotopic (exact) mass is 342 g/mol. The number of carbonyl (C=O) groups is 3. The Morgan fingerprint density at radius 2 is 1.64 bits per heavy atom. The maximum absolute atomic E-state index is 12.4. The van der Waals surface area contributed by atoms with E-state index < -0.39 is 24.4 Å². The lowest BCUT2D eigenvalue weighted by Crippen LogP contribution is -2.37. The second kappa shape index (κ2) is 8.49. The minimum absolute atomic E-state index is 0.00740. The molecule has 25 heavy (non-hydrogen) atoms. The van der Waals surface area contributed by atoms with Crippen LogP contribution in [0.25, 0.3) is 0 Å². The summed E-state index contributed by atoms with van der Waals surface area (Å²) in [6.45, 7) is -0.387. The van der Waals surface area contributed by atoms with Gasteiger partial charge in [0.05, 0.1) is 5.56 Å². The number of phenolic OH excluding ortho intramolecular Hbond substituents is 1. The van der Waals surface area contributed by atoms with Crippen LogP contribution in [0.4, 0.5) is 5.69 Å². The minimum Gasteiger partial charge on any atom is -0.508 e. The first-order chi connectivity index (χ1) is 12.0. The van der Waals surface area contributed by atoms with Gasteiger partial charge in [0, 0.05) is 18.7 Å². The van der Waals surface area contributed by atoms with Crippen molar-refractivity contribution < 1.29 is 24.2 Å². The Morgan fingerprint density at radius 1 is 1.00 bits per heavy atom. The number of benzene rings is 2. The average molecular weight is 342 g/mol. The summed E-state index contributed by atoms with van der Waals surface area (Å²) in [5, 5.41) is 9.21. The Bertz CT molecular complexity index is 744. The fraction of sp³-hybridized carbons (Fsp3) is 0.167. The predicted octanol–water partition coefficient (Wildman–Crippen LogP) is 1.46. The number of nitrogens with zero attached hydrogens (tertiary/aromatic N) is 1. The number of amides is 2. The summed E-state index contributed by atoms with van der Waals surface area (Å²) in [5.74, 6) is -1.67. The smallest absolute Gasteiger partial charge is 0.338 e. The van der Waals surface area contributed by atoms with Gasteiger partial charge in [0.15, 0.2) is 6.61 Å². The summed E-state index contributed by atoms with van der Waals surface area (Å²) in [5.41, 5.74) is 5.94. The van der Waals surface area contributed by atoms with Gasteiger partial charge in [0.25, 0.3) is 5.91 Å². The Morgan fingerprint density at radius 3 is 2.24 bits per heavy atom. The third kappa shape index (κ3) is 5.35. The summed E-state index contributed by atoms with van der Waals surface area (Å²) < 4.78 is 5.01. The number of hydrogen-bond acceptors (Lipinski definition) is 5. The van der Waals surface area contributed by atoms with E-state index in [0.29, 0.717) is 5.69 Å². The number of phenols is 1. The van der Waals surface area contributed by atoms with E-state index in [1.807, 2.05) is 0 Å². The van der Waals surface area contributed by atoms with Crippen LogP contribution in [0.15, 0.2) is 54.6 Å². The zero-order chi connectivity index (χ0) is 18.2. The molecular weight excluding hydrogens is 324 g/mol. The minimum atomic E-state index is -0.684. The molecule has 2 amide bonds. The van der Waals surface area contributed by atoms with Crippen molar-refractivity contribution in [3.8, 4) is 5.75 Å². The Balaban J connectivity index is 2.02. The molecule has 2 aromatic carbocycles. The van der Waals surface area contributed by atoms with Gasteiger partial charge < -0.3 is 20.5 Å². The molecule has 2 aromatic rings. The zero-order valence-electron chi connectivity index (χ0n) is 13.4. The Hall–Kier alpha value is -3.35. The van der Waals surface area contributed by atoms with Crippen LogP contribution in [0.5, 0.6) is 5.75 Å². The quantitative estimate of drug-likeness (QED) is 0.740. The molecule has 0 radical (unpaired) electrons. The molecule has 0 aliphatic heterocycles. The van der Waals surface area contributed by atoms with Crippen LogP contribution < -0.4 is 10.6 Å². The topological polar surface area (TPSA) is 110 Å². The molecule has 0 fully saturated rings. The molecule has 7 nitrogen and oxygen atoms in total. The number of aromatic hydroxyl groups is 1. The van der Waals surface area contributed by atoms with E-state index >= 15 is 0 Å². The van der Waals surface area contributed by atoms with Crippen molar-refractivity contribution in [2.45, 2.75) is 6.42 Å². The highest BCUT2D eigenvalue weighted by Crippen LogP contribution is 2.15. The molecule has 0 bridgehead atoms. The van der Waals surface area contributed by atoms with Gasteiger partial charge in [-0.15, -0.1) is 0 Å². The zero-order valence-corrected chi connectivity index (χ0v) is 13.4. The highest BCUT2D eigenvalue weighted by Gasteiger charge is 2.18. The maximum atomic E-state index is 12.4. The number of ether oxygens (including phenoxy) is 1. The van der Waals surface area contributed by atoms with E-state index in [-0.39, 0.29) is 24.3 Å². The maximum Gasteiger partial charge on any atom is 0.338 e. The fourth-order valence-electron chi connectivity index (χ4n) is 2.11. The molecule has 0 heterocycles. The second-order valence-corrected chi connectivity index (χ2v) is 5.22. The third-order valence-electron chi connectivity index (χ3n) is 3.38. The van der Waals surface area contributed by atoms with Crippen LogP contribution in [0.3, 0.4) is 0 Å². The average Bonchev–Trinajstić information content (AvgIpc) is 2.61. The van der Waals surface area contributed by atoms with E-state index in [9.17, 15) is 19.5 Å². The first-order valence-corrected chi connectivity index (χ1v) is 7.57. The van der Waals surface area contributed by atoms with Crippen LogP contribution >= 0.6 is 0 Å². The van der Waals surface area contributed by atoms with E-state index in [0.717, 1.165) is 0 Å². The largest absolute Gasteiger partial charge is 0.508 e. The van der Waals surface area contributed by atoms with Crippen LogP contribution in [0, 0.1) is 0 Å². The summed E-state index contributed by atoms with van der Waals surface area (Å²) in [6.07, 6.45) is -0.00740. The van der Waals surface area contributed by atoms with E-state index in [2.05, 4.69) is 0 Å². The molecule has 2 rings (SSSR count). The van der Waals surface area contributed by atoms with Gasteiger partial charge in [-0.3, -0.25) is 9.59 Å². The number of carbonyl (C=O) groups excluding carboxylic acids is 3. The number of primary amides is 1. The molecule has 0 atom stereocenters. The van der Waals surface area contributed by atoms with E-state index in [1.54, 1.807) is 30.3 Å². The predicted molar refractivity (Wildman–Crippen MR) is 91.0 cm³/mol. The molecule has 3 N–H and O–H groups in total. The molecule has 0 saturated heterocycles. The van der Waals surface area contributed by atoms with Crippen LogP contribution in [0.2, 0.25) is 0 Å². The normalized spacial score (nSPS) is 10.1. The fourth-order valence-corrected chi connectivity index (χ4v) is 2.11. The molecular formula is C18H18N2O5. The molecule has 0 spiro atoms. The van der Waals surface area contributed by atoms with Gasteiger partial charge in [0.1, 0.15) is 5.75 Å². The Kier molecular flexibility index (Phi) is 6.11. The first kappa shape index (κ1) is 18.0. The number of esters is 1. The van der Waals surface area contributed by atoms with E-state index in [4.69, 9.17) is 10.5 Å². The number of nitrogens with two attached hydrogens (primary N) is 1. The molecule has 0 aliphatic rings. The molecule has 0 unspecified atom stereocenters. The van der Waals surface area contributed by atoms with Gasteiger partial charge in [-0.25, -0.2) is 4.79 Å². The SMILES string of the molecule is NC(=O)CCN(C(=O)COC(=O)c1ccc(O)cc1)c1ccccc1. The summed E-state index contributed by atoms with van der Waals surface area (Å²) in [7, 11) is 0. The van der Waals surface area contributed by atoms with Gasteiger partial charge in [-0.1, -0.05) is 18.2 Å². The van der Waals surface area contributed by atoms with Crippen LogP contribution in [0.1, 0.15) is 16.8 Å². The highest BCUT2D eigenvalue weighted by atomic mass is 16.5. The van der Waals surface area contributed by atoms with Crippen molar-refractivity contribution in [1.82, 2.24) is 0 Å².